The number of nitrogens with zero attached hydrogens (tertiary/aromatic N) is 2. The Morgan fingerprint density at radius 3 is 2.83 bits per heavy atom. The van der Waals surface area contributed by atoms with E-state index in [4.69, 9.17) is 0 Å². The van der Waals surface area contributed by atoms with Crippen LogP contribution in [0, 0.1) is 12.8 Å². The second-order valence-corrected chi connectivity index (χ2v) is 6.69. The summed E-state index contributed by atoms with van der Waals surface area (Å²) >= 11 is 0. The molecule has 24 heavy (non-hydrogen) atoms. The number of halogens is 3. The number of amides is 1. The number of alkyl halides is 3. The molecule has 2 N–H and O–H groups in total. The summed E-state index contributed by atoms with van der Waals surface area (Å²) in [6, 6.07) is -0.354. The third-order valence-corrected chi connectivity index (χ3v) is 4.34. The number of aromatic nitrogens is 2. The van der Waals surface area contributed by atoms with Crippen LogP contribution in [0.4, 0.5) is 13.2 Å². The Balaban J connectivity index is 1.70. The molecule has 0 unspecified atom stereocenters. The number of carbonyl (C=O) groups is 1. The predicted octanol–water partition coefficient (Wildman–Crippen LogP) is 2.41. The van der Waals surface area contributed by atoms with Crippen LogP contribution in [0.2, 0.25) is 0 Å². The molecule has 1 saturated carbocycles. The van der Waals surface area contributed by atoms with Crippen LogP contribution >= 0.6 is 0 Å². The van der Waals surface area contributed by atoms with E-state index >= 15 is 0 Å². The van der Waals surface area contributed by atoms with Crippen molar-refractivity contribution in [2.24, 2.45) is 5.92 Å². The van der Waals surface area contributed by atoms with Gasteiger partial charge in [0.2, 0.25) is 5.91 Å². The quantitative estimate of drug-likeness (QED) is 0.832. The zero-order valence-corrected chi connectivity index (χ0v) is 14.1. The summed E-state index contributed by atoms with van der Waals surface area (Å²) in [5.74, 6) is -1.56. The van der Waals surface area contributed by atoms with Gasteiger partial charge < -0.3 is 10.6 Å². The first-order valence-electron chi connectivity index (χ1n) is 8.32. The molecule has 8 heteroatoms. The zero-order chi connectivity index (χ0) is 17.7. The Bertz CT molecular complexity index is 544. The number of carbonyl (C=O) groups excluding carboxylic acids is 1. The summed E-state index contributed by atoms with van der Waals surface area (Å²) < 4.78 is 40.1. The molecular weight excluding hydrogens is 321 g/mol. The fourth-order valence-corrected chi connectivity index (χ4v) is 3.08. The van der Waals surface area contributed by atoms with Crippen molar-refractivity contribution < 1.29 is 18.0 Å². The summed E-state index contributed by atoms with van der Waals surface area (Å²) in [5, 5.41) is 9.97. The van der Waals surface area contributed by atoms with E-state index < -0.39 is 12.1 Å². The first-order chi connectivity index (χ1) is 11.2. The molecule has 0 saturated heterocycles. The second kappa shape index (κ2) is 8.00. The molecular formula is C16H25F3N4O. The van der Waals surface area contributed by atoms with Crippen molar-refractivity contribution in [1.29, 1.82) is 0 Å². The highest BCUT2D eigenvalue weighted by molar-refractivity contribution is 5.78. The molecule has 0 aromatic carbocycles. The minimum Gasteiger partial charge on any atom is -0.352 e. The highest BCUT2D eigenvalue weighted by Crippen LogP contribution is 2.37. The third kappa shape index (κ3) is 5.81. The number of nitrogens with one attached hydrogen (secondary N) is 2. The molecule has 0 spiro atoms. The van der Waals surface area contributed by atoms with Gasteiger partial charge >= 0.3 is 6.18 Å². The van der Waals surface area contributed by atoms with E-state index in [-0.39, 0.29) is 37.4 Å². The van der Waals surface area contributed by atoms with Crippen LogP contribution in [0.5, 0.6) is 0 Å². The van der Waals surface area contributed by atoms with Gasteiger partial charge in [-0.05, 0) is 38.7 Å². The van der Waals surface area contributed by atoms with Gasteiger partial charge in [0, 0.05) is 18.3 Å². The van der Waals surface area contributed by atoms with Gasteiger partial charge in [-0.25, -0.2) is 0 Å². The Kier molecular flexibility index (Phi) is 6.26. The number of rotatable bonds is 6. The van der Waals surface area contributed by atoms with Crippen LogP contribution in [0.25, 0.3) is 0 Å². The van der Waals surface area contributed by atoms with Gasteiger partial charge in [0.25, 0.3) is 0 Å². The van der Waals surface area contributed by atoms with Crippen molar-refractivity contribution in [3.05, 3.63) is 18.0 Å². The Morgan fingerprint density at radius 1 is 1.46 bits per heavy atom. The minimum atomic E-state index is -4.17. The van der Waals surface area contributed by atoms with Crippen molar-refractivity contribution in [2.75, 3.05) is 6.54 Å². The summed E-state index contributed by atoms with van der Waals surface area (Å²) in [7, 11) is 0. The third-order valence-electron chi connectivity index (χ3n) is 4.34. The predicted molar refractivity (Wildman–Crippen MR) is 84.4 cm³/mol. The van der Waals surface area contributed by atoms with Crippen LogP contribution in [0.1, 0.15) is 38.2 Å². The van der Waals surface area contributed by atoms with Crippen molar-refractivity contribution in [3.8, 4) is 0 Å². The first-order valence-corrected chi connectivity index (χ1v) is 8.32. The molecule has 136 valence electrons. The molecule has 1 heterocycles. The molecule has 2 rings (SSSR count). The minimum absolute atomic E-state index is 0.0165. The lowest BCUT2D eigenvalue weighted by atomic mass is 9.85. The topological polar surface area (TPSA) is 59.0 Å². The molecule has 0 radical (unpaired) electrons. The van der Waals surface area contributed by atoms with Crippen LogP contribution in [-0.4, -0.2) is 40.5 Å². The number of hydrogen-bond donors (Lipinski definition) is 2. The normalized spacial score (nSPS) is 23.0. The summed E-state index contributed by atoms with van der Waals surface area (Å²) in [4.78, 5) is 12.0. The van der Waals surface area contributed by atoms with E-state index in [2.05, 4.69) is 15.7 Å². The van der Waals surface area contributed by atoms with E-state index in [0.717, 1.165) is 5.56 Å². The van der Waals surface area contributed by atoms with Gasteiger partial charge in [-0.15, -0.1) is 0 Å². The molecule has 0 aliphatic heterocycles. The van der Waals surface area contributed by atoms with E-state index in [1.165, 1.54) is 0 Å². The lowest BCUT2D eigenvalue weighted by molar-refractivity contribution is -0.184. The van der Waals surface area contributed by atoms with Crippen LogP contribution in [-0.2, 0) is 11.3 Å². The second-order valence-electron chi connectivity index (χ2n) is 6.69. The van der Waals surface area contributed by atoms with Crippen molar-refractivity contribution in [1.82, 2.24) is 20.4 Å². The van der Waals surface area contributed by atoms with E-state index in [0.29, 0.717) is 19.4 Å². The molecule has 5 nitrogen and oxygen atoms in total. The van der Waals surface area contributed by atoms with E-state index in [1.807, 2.05) is 20.0 Å². The fourth-order valence-electron chi connectivity index (χ4n) is 3.08. The van der Waals surface area contributed by atoms with Crippen LogP contribution < -0.4 is 10.6 Å². The Hall–Kier alpha value is -1.57. The van der Waals surface area contributed by atoms with Crippen LogP contribution in [0.15, 0.2) is 12.4 Å². The lowest BCUT2D eigenvalue weighted by Gasteiger charge is -2.31. The smallest absolute Gasteiger partial charge is 0.352 e. The van der Waals surface area contributed by atoms with E-state index in [9.17, 15) is 18.0 Å². The molecule has 1 amide bonds. The maximum atomic E-state index is 12.8. The first kappa shape index (κ1) is 18.8. The van der Waals surface area contributed by atoms with Crippen LogP contribution in [0.3, 0.4) is 0 Å². The maximum absolute atomic E-state index is 12.8. The molecule has 0 bridgehead atoms. The Labute approximate surface area is 140 Å². The summed E-state index contributed by atoms with van der Waals surface area (Å²) in [6.07, 6.45) is 0.763. The molecule has 3 atom stereocenters. The van der Waals surface area contributed by atoms with Gasteiger partial charge in [-0.3, -0.25) is 9.48 Å². The fraction of sp³-hybridized carbons (Fsp3) is 0.750. The highest BCUT2D eigenvalue weighted by Gasteiger charge is 2.42. The molecule has 1 aromatic heterocycles. The molecule has 1 aliphatic rings. The van der Waals surface area contributed by atoms with E-state index in [1.54, 1.807) is 10.9 Å². The van der Waals surface area contributed by atoms with Gasteiger partial charge in [0.15, 0.2) is 0 Å². The summed E-state index contributed by atoms with van der Waals surface area (Å²) in [5.41, 5.74) is 1.07. The lowest BCUT2D eigenvalue weighted by Crippen LogP contribution is -2.46. The van der Waals surface area contributed by atoms with Gasteiger partial charge in [0.05, 0.1) is 25.2 Å². The van der Waals surface area contributed by atoms with Gasteiger partial charge in [-0.1, -0.05) is 6.42 Å². The standard InChI is InChI=1S/C16H25F3N4O/c1-11-7-21-23(9-11)10-12(2)20-8-15(24)22-14-5-3-4-13(6-14)16(17,18)19/h7,9,12-14,20H,3-6,8,10H2,1-2H3,(H,22,24)/t12-,13-,14+/m0/s1. The molecule has 1 fully saturated rings. The zero-order valence-electron chi connectivity index (χ0n) is 14.1. The van der Waals surface area contributed by atoms with Crippen molar-refractivity contribution in [3.63, 3.8) is 0 Å². The number of aryl methyl sites for hydroxylation is 1. The van der Waals surface area contributed by atoms with Crippen molar-refractivity contribution in [2.45, 2.75) is 64.3 Å². The maximum Gasteiger partial charge on any atom is 0.391 e. The largest absolute Gasteiger partial charge is 0.391 e. The van der Waals surface area contributed by atoms with Crippen molar-refractivity contribution >= 4 is 5.91 Å². The molecule has 1 aromatic rings. The Morgan fingerprint density at radius 2 is 2.21 bits per heavy atom. The van der Waals surface area contributed by atoms with Gasteiger partial charge in [0.1, 0.15) is 0 Å². The average molecular weight is 346 g/mol. The van der Waals surface area contributed by atoms with Gasteiger partial charge in [-0.2, -0.15) is 18.3 Å². The summed E-state index contributed by atoms with van der Waals surface area (Å²) in [6.45, 7) is 4.60. The molecule has 1 aliphatic carbocycles. The monoisotopic (exact) mass is 346 g/mol. The SMILES string of the molecule is Cc1cnn(C[C@H](C)NCC(=O)N[C@@H]2CCC[C@H](C(F)(F)F)C2)c1. The number of hydrogen-bond acceptors (Lipinski definition) is 3. The average Bonchev–Trinajstić information content (AvgIpc) is 2.90. The highest BCUT2D eigenvalue weighted by atomic mass is 19.4.